The van der Waals surface area contributed by atoms with Crippen LogP contribution in [-0.2, 0) is 4.74 Å². The van der Waals surface area contributed by atoms with Gasteiger partial charge in [0, 0.05) is 17.6 Å². The van der Waals surface area contributed by atoms with Gasteiger partial charge in [-0.05, 0) is 40.5 Å². The van der Waals surface area contributed by atoms with Crippen molar-refractivity contribution in [2.75, 3.05) is 25.1 Å². The van der Waals surface area contributed by atoms with E-state index in [1.165, 1.54) is 31.4 Å². The Kier molecular flexibility index (Phi) is 8.82. The molecule has 0 saturated heterocycles. The van der Waals surface area contributed by atoms with E-state index in [0.717, 1.165) is 10.9 Å². The van der Waals surface area contributed by atoms with Gasteiger partial charge in [0.2, 0.25) is 0 Å². The predicted octanol–water partition coefficient (Wildman–Crippen LogP) is 3.96. The summed E-state index contributed by atoms with van der Waals surface area (Å²) in [5, 5.41) is 12.8. The zero-order chi connectivity index (χ0) is 14.8. The van der Waals surface area contributed by atoms with E-state index in [1.54, 1.807) is 6.07 Å². The molecule has 3 nitrogen and oxygen atoms in total. The Morgan fingerprint density at radius 3 is 2.90 bits per heavy atom. The third kappa shape index (κ3) is 7.22. The highest BCUT2D eigenvalue weighted by Crippen LogP contribution is 2.22. The smallest absolute Gasteiger partial charge is 0.125 e. The second kappa shape index (κ2) is 10.1. The monoisotopic (exact) mass is 347 g/mol. The van der Waals surface area contributed by atoms with Gasteiger partial charge in [0.1, 0.15) is 5.82 Å². The third-order valence-corrected chi connectivity index (χ3v) is 3.60. The molecule has 0 aliphatic rings. The van der Waals surface area contributed by atoms with Crippen LogP contribution < -0.4 is 5.32 Å². The first-order valence-corrected chi connectivity index (χ1v) is 7.87. The highest BCUT2D eigenvalue weighted by molar-refractivity contribution is 9.10. The number of aliphatic hydroxyl groups is 1. The number of hydrogen-bond acceptors (Lipinski definition) is 3. The maximum Gasteiger partial charge on any atom is 0.125 e. The highest BCUT2D eigenvalue weighted by atomic mass is 79.9. The van der Waals surface area contributed by atoms with Crippen molar-refractivity contribution in [2.24, 2.45) is 0 Å². The lowest BCUT2D eigenvalue weighted by Gasteiger charge is -2.14. The molecule has 0 fully saturated rings. The molecule has 20 heavy (non-hydrogen) atoms. The molecule has 1 aromatic carbocycles. The van der Waals surface area contributed by atoms with Crippen LogP contribution in [-0.4, -0.2) is 31.0 Å². The van der Waals surface area contributed by atoms with Gasteiger partial charge in [-0.3, -0.25) is 0 Å². The van der Waals surface area contributed by atoms with Crippen molar-refractivity contribution in [2.45, 2.75) is 38.7 Å². The van der Waals surface area contributed by atoms with Gasteiger partial charge in [-0.1, -0.05) is 26.2 Å². The van der Waals surface area contributed by atoms with Gasteiger partial charge in [0.05, 0.1) is 18.4 Å². The highest BCUT2D eigenvalue weighted by Gasteiger charge is 2.06. The Hall–Kier alpha value is -0.650. The summed E-state index contributed by atoms with van der Waals surface area (Å²) in [4.78, 5) is 0. The van der Waals surface area contributed by atoms with Crippen molar-refractivity contribution in [1.29, 1.82) is 0 Å². The summed E-state index contributed by atoms with van der Waals surface area (Å²) in [5.41, 5.74) is 0.631. The molecule has 0 aliphatic carbocycles. The van der Waals surface area contributed by atoms with Crippen LogP contribution in [0.5, 0.6) is 0 Å². The summed E-state index contributed by atoms with van der Waals surface area (Å²) in [5.74, 6) is -0.308. The Labute approximate surface area is 128 Å². The number of halogens is 2. The topological polar surface area (TPSA) is 41.5 Å². The van der Waals surface area contributed by atoms with E-state index in [9.17, 15) is 9.50 Å². The molecule has 0 bridgehead atoms. The van der Waals surface area contributed by atoms with Crippen LogP contribution in [0.4, 0.5) is 10.1 Å². The minimum absolute atomic E-state index is 0.298. The van der Waals surface area contributed by atoms with Crippen molar-refractivity contribution >= 4 is 21.6 Å². The van der Waals surface area contributed by atoms with Crippen molar-refractivity contribution in [3.05, 3.63) is 28.5 Å². The number of hydrogen-bond donors (Lipinski definition) is 2. The largest absolute Gasteiger partial charge is 0.389 e. The molecule has 0 amide bonds. The molecule has 1 aromatic rings. The maximum absolute atomic E-state index is 13.1. The van der Waals surface area contributed by atoms with Crippen LogP contribution in [0.2, 0.25) is 0 Å². The van der Waals surface area contributed by atoms with E-state index in [-0.39, 0.29) is 5.82 Å². The minimum atomic E-state index is -0.601. The molecule has 2 N–H and O–H groups in total. The SMILES string of the molecule is CCCCCCOCC(O)CNc1cc(F)ccc1Br. The van der Waals surface area contributed by atoms with Crippen LogP contribution in [0.25, 0.3) is 0 Å². The number of unbranched alkanes of at least 4 members (excludes halogenated alkanes) is 3. The van der Waals surface area contributed by atoms with E-state index in [4.69, 9.17) is 4.74 Å². The molecule has 0 aromatic heterocycles. The van der Waals surface area contributed by atoms with E-state index < -0.39 is 6.10 Å². The molecule has 0 spiro atoms. The Bertz CT molecular complexity index is 390. The van der Waals surface area contributed by atoms with Crippen molar-refractivity contribution in [1.82, 2.24) is 0 Å². The molecular formula is C15H23BrFNO2. The van der Waals surface area contributed by atoms with Crippen LogP contribution in [0, 0.1) is 5.82 Å². The van der Waals surface area contributed by atoms with Gasteiger partial charge < -0.3 is 15.2 Å². The number of nitrogens with one attached hydrogen (secondary N) is 1. The summed E-state index contributed by atoms with van der Waals surface area (Å²) in [6.07, 6.45) is 4.03. The number of aliphatic hydroxyl groups excluding tert-OH is 1. The van der Waals surface area contributed by atoms with Crippen LogP contribution >= 0.6 is 15.9 Å². The fourth-order valence-corrected chi connectivity index (χ4v) is 2.16. The average Bonchev–Trinajstić information content (AvgIpc) is 2.43. The first-order valence-electron chi connectivity index (χ1n) is 7.08. The normalized spacial score (nSPS) is 12.4. The summed E-state index contributed by atoms with van der Waals surface area (Å²) < 4.78 is 19.3. The lowest BCUT2D eigenvalue weighted by atomic mass is 10.2. The standard InChI is InChI=1S/C15H23BrFNO2/c1-2-3-4-5-8-20-11-13(19)10-18-15-9-12(17)6-7-14(15)16/h6-7,9,13,18-19H,2-5,8,10-11H2,1H3. The maximum atomic E-state index is 13.1. The van der Waals surface area contributed by atoms with E-state index >= 15 is 0 Å². The van der Waals surface area contributed by atoms with Gasteiger partial charge in [0.15, 0.2) is 0 Å². The molecule has 0 radical (unpaired) electrons. The zero-order valence-electron chi connectivity index (χ0n) is 11.9. The second-order valence-corrected chi connectivity index (χ2v) is 5.65. The first kappa shape index (κ1) is 17.4. The van der Waals surface area contributed by atoms with Crippen molar-refractivity contribution in [3.8, 4) is 0 Å². The summed E-state index contributed by atoms with van der Waals surface area (Å²) in [6, 6.07) is 4.40. The van der Waals surface area contributed by atoms with Crippen LogP contribution in [0.3, 0.4) is 0 Å². The quantitative estimate of drug-likeness (QED) is 0.629. The fraction of sp³-hybridized carbons (Fsp3) is 0.600. The van der Waals surface area contributed by atoms with Crippen molar-refractivity contribution in [3.63, 3.8) is 0 Å². The van der Waals surface area contributed by atoms with Gasteiger partial charge in [-0.15, -0.1) is 0 Å². The lowest BCUT2D eigenvalue weighted by molar-refractivity contribution is 0.0416. The summed E-state index contributed by atoms with van der Waals surface area (Å²) in [6.45, 7) is 3.48. The Morgan fingerprint density at radius 2 is 2.15 bits per heavy atom. The molecular weight excluding hydrogens is 325 g/mol. The minimum Gasteiger partial charge on any atom is -0.389 e. The van der Waals surface area contributed by atoms with E-state index in [0.29, 0.717) is 25.4 Å². The van der Waals surface area contributed by atoms with Crippen LogP contribution in [0.1, 0.15) is 32.6 Å². The Balaban J connectivity index is 2.16. The molecule has 1 unspecified atom stereocenters. The Morgan fingerprint density at radius 1 is 1.35 bits per heavy atom. The molecule has 114 valence electrons. The van der Waals surface area contributed by atoms with Gasteiger partial charge >= 0.3 is 0 Å². The lowest BCUT2D eigenvalue weighted by Crippen LogP contribution is -2.25. The molecule has 1 atom stereocenters. The number of ether oxygens (including phenoxy) is 1. The molecule has 0 saturated carbocycles. The van der Waals surface area contributed by atoms with E-state index in [1.807, 2.05) is 0 Å². The summed E-state index contributed by atoms with van der Waals surface area (Å²) in [7, 11) is 0. The van der Waals surface area contributed by atoms with Gasteiger partial charge in [0.25, 0.3) is 0 Å². The predicted molar refractivity (Wildman–Crippen MR) is 83.6 cm³/mol. The molecule has 0 heterocycles. The second-order valence-electron chi connectivity index (χ2n) is 4.79. The number of benzene rings is 1. The van der Waals surface area contributed by atoms with Crippen molar-refractivity contribution < 1.29 is 14.2 Å². The van der Waals surface area contributed by atoms with E-state index in [2.05, 4.69) is 28.2 Å². The van der Waals surface area contributed by atoms with Crippen LogP contribution in [0.15, 0.2) is 22.7 Å². The number of rotatable bonds is 10. The zero-order valence-corrected chi connectivity index (χ0v) is 13.5. The number of anilines is 1. The van der Waals surface area contributed by atoms with Gasteiger partial charge in [-0.2, -0.15) is 0 Å². The molecule has 0 aliphatic heterocycles. The first-order chi connectivity index (χ1) is 9.63. The van der Waals surface area contributed by atoms with Gasteiger partial charge in [-0.25, -0.2) is 4.39 Å². The summed E-state index contributed by atoms with van der Waals surface area (Å²) >= 11 is 3.33. The molecule has 1 rings (SSSR count). The average molecular weight is 348 g/mol. The molecule has 5 heteroatoms. The third-order valence-electron chi connectivity index (χ3n) is 2.91. The fourth-order valence-electron chi connectivity index (χ4n) is 1.77.